The van der Waals surface area contributed by atoms with Gasteiger partial charge >= 0.3 is 6.18 Å². The van der Waals surface area contributed by atoms with Gasteiger partial charge in [0, 0.05) is 6.54 Å². The Morgan fingerprint density at radius 2 is 1.85 bits per heavy atom. The summed E-state index contributed by atoms with van der Waals surface area (Å²) in [6, 6.07) is 0. The zero-order chi connectivity index (χ0) is 15.1. The Morgan fingerprint density at radius 1 is 1.20 bits per heavy atom. The zero-order valence-corrected chi connectivity index (χ0v) is 11.8. The van der Waals surface area contributed by atoms with Gasteiger partial charge in [-0.05, 0) is 27.7 Å². The summed E-state index contributed by atoms with van der Waals surface area (Å²) < 4.78 is 43.8. The molecule has 0 saturated carbocycles. The van der Waals surface area contributed by atoms with Crippen LogP contribution in [0, 0.1) is 13.8 Å². The topological polar surface area (TPSA) is 51.1 Å². The second kappa shape index (κ2) is 4.83. The molecule has 1 unspecified atom stereocenters. The molecule has 0 aliphatic carbocycles. The number of hydrogen-bond donors (Lipinski definition) is 0. The van der Waals surface area contributed by atoms with Gasteiger partial charge in [-0.15, -0.1) is 5.10 Å². The molecule has 0 spiro atoms. The van der Waals surface area contributed by atoms with E-state index in [1.165, 1.54) is 4.90 Å². The van der Waals surface area contributed by atoms with Crippen molar-refractivity contribution in [3.8, 4) is 0 Å². The third-order valence-electron chi connectivity index (χ3n) is 3.15. The monoisotopic (exact) mass is 290 g/mol. The zero-order valence-electron chi connectivity index (χ0n) is 11.8. The van der Waals surface area contributed by atoms with Gasteiger partial charge in [-0.1, -0.05) is 0 Å². The van der Waals surface area contributed by atoms with Crippen LogP contribution in [-0.4, -0.2) is 46.2 Å². The Hall–Kier alpha value is -1.44. The lowest BCUT2D eigenvalue weighted by Gasteiger charge is -2.43. The van der Waals surface area contributed by atoms with Crippen molar-refractivity contribution >= 4 is 5.95 Å². The van der Waals surface area contributed by atoms with E-state index in [2.05, 4.69) is 15.2 Å². The van der Waals surface area contributed by atoms with Gasteiger partial charge in [0.1, 0.15) is 0 Å². The van der Waals surface area contributed by atoms with Gasteiger partial charge in [0.25, 0.3) is 0 Å². The van der Waals surface area contributed by atoms with E-state index >= 15 is 0 Å². The van der Waals surface area contributed by atoms with E-state index in [1.54, 1.807) is 27.7 Å². The molecule has 0 aromatic carbocycles. The molecule has 20 heavy (non-hydrogen) atoms. The SMILES string of the molecule is Cc1nnc(N2CC(C(F)(F)F)OC(C)(C)C2)nc1C. The van der Waals surface area contributed by atoms with Crippen LogP contribution in [-0.2, 0) is 4.74 Å². The lowest BCUT2D eigenvalue weighted by molar-refractivity contribution is -0.251. The second-order valence-corrected chi connectivity index (χ2v) is 5.57. The quantitative estimate of drug-likeness (QED) is 0.792. The molecule has 1 aromatic heterocycles. The normalized spacial score (nSPS) is 22.9. The van der Waals surface area contributed by atoms with Crippen LogP contribution in [0.5, 0.6) is 0 Å². The Bertz CT molecular complexity index is 504. The van der Waals surface area contributed by atoms with Crippen molar-refractivity contribution in [3.63, 3.8) is 0 Å². The van der Waals surface area contributed by atoms with Crippen molar-refractivity contribution in [3.05, 3.63) is 11.4 Å². The van der Waals surface area contributed by atoms with Crippen LogP contribution in [0.4, 0.5) is 19.1 Å². The van der Waals surface area contributed by atoms with Gasteiger partial charge in [-0.2, -0.15) is 18.3 Å². The largest absolute Gasteiger partial charge is 0.416 e. The number of rotatable bonds is 1. The molecule has 5 nitrogen and oxygen atoms in total. The number of anilines is 1. The van der Waals surface area contributed by atoms with Crippen molar-refractivity contribution in [1.29, 1.82) is 0 Å². The summed E-state index contributed by atoms with van der Waals surface area (Å²) in [5.41, 5.74) is 0.386. The Morgan fingerprint density at radius 3 is 2.40 bits per heavy atom. The van der Waals surface area contributed by atoms with Crippen LogP contribution in [0.1, 0.15) is 25.2 Å². The third-order valence-corrected chi connectivity index (χ3v) is 3.15. The van der Waals surface area contributed by atoms with Crippen LogP contribution in [0.25, 0.3) is 0 Å². The summed E-state index contributed by atoms with van der Waals surface area (Å²) in [6.07, 6.45) is -6.26. The van der Waals surface area contributed by atoms with Gasteiger partial charge < -0.3 is 9.64 Å². The van der Waals surface area contributed by atoms with Crippen LogP contribution in [0.2, 0.25) is 0 Å². The van der Waals surface area contributed by atoms with Gasteiger partial charge in [-0.3, -0.25) is 0 Å². The summed E-state index contributed by atoms with van der Waals surface area (Å²) in [6.45, 7) is 6.70. The fourth-order valence-electron chi connectivity index (χ4n) is 2.09. The minimum absolute atomic E-state index is 0.207. The molecule has 112 valence electrons. The summed E-state index contributed by atoms with van der Waals surface area (Å²) >= 11 is 0. The molecule has 2 rings (SSSR count). The number of alkyl halides is 3. The highest BCUT2D eigenvalue weighted by atomic mass is 19.4. The molecule has 1 saturated heterocycles. The number of morpholine rings is 1. The van der Waals surface area contributed by atoms with Crippen LogP contribution in [0.3, 0.4) is 0 Å². The first kappa shape index (κ1) is 15.0. The smallest absolute Gasteiger partial charge is 0.359 e. The number of nitrogens with zero attached hydrogens (tertiary/aromatic N) is 4. The fraction of sp³-hybridized carbons (Fsp3) is 0.750. The van der Waals surface area contributed by atoms with E-state index in [9.17, 15) is 13.2 Å². The lowest BCUT2D eigenvalue weighted by Crippen LogP contribution is -2.57. The molecule has 0 amide bonds. The minimum atomic E-state index is -4.41. The molecule has 2 heterocycles. The van der Waals surface area contributed by atoms with Crippen LogP contribution < -0.4 is 4.90 Å². The molecular weight excluding hydrogens is 273 g/mol. The second-order valence-electron chi connectivity index (χ2n) is 5.57. The molecule has 1 atom stereocenters. The van der Waals surface area contributed by atoms with E-state index in [0.29, 0.717) is 11.4 Å². The van der Waals surface area contributed by atoms with E-state index in [0.717, 1.165) is 0 Å². The maximum Gasteiger partial charge on any atom is 0.416 e. The highest BCUT2D eigenvalue weighted by Gasteiger charge is 2.48. The van der Waals surface area contributed by atoms with Gasteiger partial charge in [0.15, 0.2) is 6.10 Å². The van der Waals surface area contributed by atoms with Crippen molar-refractivity contribution in [2.75, 3.05) is 18.0 Å². The molecule has 0 bridgehead atoms. The molecule has 0 radical (unpaired) electrons. The van der Waals surface area contributed by atoms with Crippen LogP contribution >= 0.6 is 0 Å². The molecule has 1 aromatic rings. The maximum absolute atomic E-state index is 12.9. The number of aryl methyl sites for hydroxylation is 2. The van der Waals surface area contributed by atoms with E-state index in [4.69, 9.17) is 4.74 Å². The Labute approximate surface area is 115 Å². The predicted molar refractivity (Wildman–Crippen MR) is 66.5 cm³/mol. The van der Waals surface area contributed by atoms with E-state index in [-0.39, 0.29) is 19.0 Å². The number of ether oxygens (including phenoxy) is 1. The molecule has 1 fully saturated rings. The standard InChI is InChI=1S/C12H17F3N4O/c1-7-8(2)17-18-10(16-7)19-5-9(12(13,14)15)20-11(3,4)6-19/h9H,5-6H2,1-4H3. The van der Waals surface area contributed by atoms with Crippen molar-refractivity contribution < 1.29 is 17.9 Å². The number of aromatic nitrogens is 3. The average molecular weight is 290 g/mol. The molecule has 0 N–H and O–H groups in total. The summed E-state index contributed by atoms with van der Waals surface area (Å²) in [4.78, 5) is 5.68. The first-order chi connectivity index (χ1) is 9.08. The maximum atomic E-state index is 12.9. The Kier molecular flexibility index (Phi) is 3.62. The van der Waals surface area contributed by atoms with E-state index in [1.807, 2.05) is 0 Å². The fourth-order valence-corrected chi connectivity index (χ4v) is 2.09. The molecular formula is C12H17F3N4O. The summed E-state index contributed by atoms with van der Waals surface area (Å²) in [5, 5.41) is 7.80. The first-order valence-electron chi connectivity index (χ1n) is 6.26. The van der Waals surface area contributed by atoms with Crippen molar-refractivity contribution in [2.24, 2.45) is 0 Å². The van der Waals surface area contributed by atoms with Gasteiger partial charge in [0.05, 0.1) is 23.5 Å². The lowest BCUT2D eigenvalue weighted by atomic mass is 10.1. The van der Waals surface area contributed by atoms with Gasteiger partial charge in [-0.25, -0.2) is 4.98 Å². The highest BCUT2D eigenvalue weighted by molar-refractivity contribution is 5.32. The van der Waals surface area contributed by atoms with Crippen molar-refractivity contribution in [2.45, 2.75) is 45.6 Å². The van der Waals surface area contributed by atoms with Crippen LogP contribution in [0.15, 0.2) is 0 Å². The highest BCUT2D eigenvalue weighted by Crippen LogP contribution is 2.32. The summed E-state index contributed by atoms with van der Waals surface area (Å²) in [5.74, 6) is 0.207. The Balaban J connectivity index is 2.28. The van der Waals surface area contributed by atoms with Gasteiger partial charge in [0.2, 0.25) is 5.95 Å². The molecule has 1 aliphatic heterocycles. The number of halogens is 3. The third kappa shape index (κ3) is 3.17. The molecule has 8 heteroatoms. The van der Waals surface area contributed by atoms with Crippen molar-refractivity contribution in [1.82, 2.24) is 15.2 Å². The number of hydrogen-bond acceptors (Lipinski definition) is 5. The average Bonchev–Trinajstić information content (AvgIpc) is 2.29. The minimum Gasteiger partial charge on any atom is -0.359 e. The molecule has 1 aliphatic rings. The predicted octanol–water partition coefficient (Wildman–Crippen LogP) is 2.03. The first-order valence-corrected chi connectivity index (χ1v) is 6.26. The van der Waals surface area contributed by atoms with E-state index < -0.39 is 17.9 Å². The summed E-state index contributed by atoms with van der Waals surface area (Å²) in [7, 11) is 0.